The van der Waals surface area contributed by atoms with Gasteiger partial charge in [-0.1, -0.05) is 45.0 Å². The minimum absolute atomic E-state index is 0.0977. The van der Waals surface area contributed by atoms with Gasteiger partial charge in [-0.3, -0.25) is 9.59 Å². The van der Waals surface area contributed by atoms with Crippen LogP contribution in [0.25, 0.3) is 0 Å². The number of carbonyl (C=O) groups is 2. The van der Waals surface area contributed by atoms with Crippen molar-refractivity contribution in [1.29, 1.82) is 0 Å². The Morgan fingerprint density at radius 3 is 2.28 bits per heavy atom. The smallest absolute Gasteiger partial charge is 0.310 e. The van der Waals surface area contributed by atoms with Crippen LogP contribution in [0, 0.1) is 5.41 Å². The average Bonchev–Trinajstić information content (AvgIpc) is 2.84. The maximum absolute atomic E-state index is 12.5. The summed E-state index contributed by atoms with van der Waals surface area (Å²) in [5, 5.41) is 2.95. The number of methoxy groups -OCH3 is 1. The van der Waals surface area contributed by atoms with E-state index < -0.39 is 5.41 Å². The molecule has 0 saturated heterocycles. The van der Waals surface area contributed by atoms with Gasteiger partial charge in [0, 0.05) is 16.7 Å². The molecule has 0 aliphatic carbocycles. The second-order valence-electron chi connectivity index (χ2n) is 9.20. The minimum atomic E-state index is -0.539. The molecular weight excluding hydrogens is 458 g/mol. The number of ether oxygens (including phenoxy) is 4. The highest BCUT2D eigenvalue weighted by molar-refractivity contribution is 5.94. The van der Waals surface area contributed by atoms with Crippen molar-refractivity contribution in [2.24, 2.45) is 5.41 Å². The fraction of sp³-hybridized carbons (Fsp3) is 0.310. The van der Waals surface area contributed by atoms with Crippen LogP contribution >= 0.6 is 0 Å². The molecule has 0 aliphatic rings. The Hall–Kier alpha value is -4.00. The van der Waals surface area contributed by atoms with Gasteiger partial charge in [0.05, 0.1) is 20.1 Å². The fourth-order valence-corrected chi connectivity index (χ4v) is 3.27. The lowest BCUT2D eigenvalue weighted by Gasteiger charge is -2.19. The molecule has 0 aromatic heterocycles. The van der Waals surface area contributed by atoms with Crippen LogP contribution in [0.4, 0.5) is 5.69 Å². The fourth-order valence-electron chi connectivity index (χ4n) is 3.27. The number of rotatable bonds is 10. The van der Waals surface area contributed by atoms with E-state index in [2.05, 4.69) is 5.32 Å². The minimum Gasteiger partial charge on any atom is -0.493 e. The zero-order valence-electron chi connectivity index (χ0n) is 21.4. The largest absolute Gasteiger partial charge is 0.493 e. The highest BCUT2D eigenvalue weighted by Crippen LogP contribution is 2.36. The van der Waals surface area contributed by atoms with Gasteiger partial charge in [0.2, 0.25) is 5.91 Å². The molecule has 0 spiro atoms. The number of amides is 1. The Labute approximate surface area is 212 Å². The molecule has 0 aliphatic heterocycles. The second kappa shape index (κ2) is 12.1. The zero-order chi connectivity index (χ0) is 26.1. The Balaban J connectivity index is 1.91. The van der Waals surface area contributed by atoms with Gasteiger partial charge < -0.3 is 24.3 Å². The van der Waals surface area contributed by atoms with Crippen LogP contribution in [0.3, 0.4) is 0 Å². The first kappa shape index (κ1) is 26.6. The van der Waals surface area contributed by atoms with Crippen LogP contribution in [0.2, 0.25) is 0 Å². The van der Waals surface area contributed by atoms with E-state index in [1.165, 1.54) is 0 Å². The van der Waals surface area contributed by atoms with Crippen LogP contribution in [0.5, 0.6) is 23.0 Å². The van der Waals surface area contributed by atoms with E-state index in [0.717, 1.165) is 11.1 Å². The maximum atomic E-state index is 12.5. The molecule has 36 heavy (non-hydrogen) atoms. The van der Waals surface area contributed by atoms with Gasteiger partial charge in [0.25, 0.3) is 0 Å². The highest BCUT2D eigenvalue weighted by Gasteiger charge is 2.22. The van der Waals surface area contributed by atoms with E-state index in [-0.39, 0.29) is 24.9 Å². The predicted molar refractivity (Wildman–Crippen MR) is 139 cm³/mol. The van der Waals surface area contributed by atoms with Crippen molar-refractivity contribution in [3.8, 4) is 23.0 Å². The molecule has 190 valence electrons. The van der Waals surface area contributed by atoms with Gasteiger partial charge in [-0.05, 0) is 55.0 Å². The summed E-state index contributed by atoms with van der Waals surface area (Å²) >= 11 is 0. The molecule has 0 unspecified atom stereocenters. The molecular formula is C29H33NO6. The first-order valence-corrected chi connectivity index (χ1v) is 11.8. The molecule has 3 aromatic rings. The Morgan fingerprint density at radius 1 is 0.889 bits per heavy atom. The Bertz CT molecular complexity index is 1180. The molecule has 0 atom stereocenters. The molecule has 3 rings (SSSR count). The number of esters is 1. The normalized spacial score (nSPS) is 10.9. The summed E-state index contributed by atoms with van der Waals surface area (Å²) in [5.41, 5.74) is 1.56. The van der Waals surface area contributed by atoms with Crippen LogP contribution in [-0.2, 0) is 27.4 Å². The molecule has 1 N–H and O–H groups in total. The lowest BCUT2D eigenvalue weighted by molar-refractivity contribution is -0.142. The topological polar surface area (TPSA) is 83.1 Å². The van der Waals surface area contributed by atoms with Crippen LogP contribution < -0.4 is 19.5 Å². The van der Waals surface area contributed by atoms with Crippen molar-refractivity contribution < 1.29 is 28.5 Å². The average molecular weight is 492 g/mol. The second-order valence-corrected chi connectivity index (χ2v) is 9.20. The van der Waals surface area contributed by atoms with Gasteiger partial charge in [0.15, 0.2) is 11.5 Å². The van der Waals surface area contributed by atoms with Gasteiger partial charge in [-0.15, -0.1) is 0 Å². The molecule has 0 bridgehead atoms. The Morgan fingerprint density at radius 2 is 1.61 bits per heavy atom. The van der Waals surface area contributed by atoms with E-state index in [1.807, 2.05) is 57.2 Å². The molecule has 7 heteroatoms. The number of hydrogen-bond acceptors (Lipinski definition) is 6. The third kappa shape index (κ3) is 7.50. The molecule has 1 amide bonds. The SMILES string of the molecule is CCOC(=O)Cc1ccc(OC)c(Oc2ccc(NC(=O)C(C)(C)C)cc2COc2ccccc2)c1. The van der Waals surface area contributed by atoms with E-state index in [1.54, 1.807) is 44.4 Å². The first-order chi connectivity index (χ1) is 17.2. The third-order valence-corrected chi connectivity index (χ3v) is 5.24. The van der Waals surface area contributed by atoms with Crippen molar-refractivity contribution in [3.05, 3.63) is 77.9 Å². The van der Waals surface area contributed by atoms with Gasteiger partial charge in [-0.2, -0.15) is 0 Å². The third-order valence-electron chi connectivity index (χ3n) is 5.24. The van der Waals surface area contributed by atoms with E-state index in [0.29, 0.717) is 35.3 Å². The van der Waals surface area contributed by atoms with Crippen molar-refractivity contribution in [1.82, 2.24) is 0 Å². The summed E-state index contributed by atoms with van der Waals surface area (Å²) in [5.74, 6) is 1.80. The monoisotopic (exact) mass is 491 g/mol. The van der Waals surface area contributed by atoms with E-state index >= 15 is 0 Å². The Kier molecular flexibility index (Phi) is 8.95. The summed E-state index contributed by atoms with van der Waals surface area (Å²) in [6.07, 6.45) is 0.121. The van der Waals surface area contributed by atoms with Gasteiger partial charge >= 0.3 is 5.97 Å². The summed E-state index contributed by atoms with van der Waals surface area (Å²) in [4.78, 5) is 24.5. The van der Waals surface area contributed by atoms with E-state index in [4.69, 9.17) is 18.9 Å². The summed E-state index contributed by atoms with van der Waals surface area (Å²) in [6.45, 7) is 7.87. The summed E-state index contributed by atoms with van der Waals surface area (Å²) < 4.78 is 22.8. The standard InChI is InChI=1S/C29H33NO6/c1-6-34-27(31)17-20-12-14-25(33-5)26(16-20)36-24-15-13-22(30-28(32)29(2,3)4)18-21(24)19-35-23-10-8-7-9-11-23/h7-16,18H,6,17,19H2,1-5H3,(H,30,32). The van der Waals surface area contributed by atoms with Gasteiger partial charge in [0.1, 0.15) is 18.1 Å². The highest BCUT2D eigenvalue weighted by atomic mass is 16.5. The molecule has 0 fully saturated rings. The van der Waals surface area contributed by atoms with Crippen molar-refractivity contribution in [2.75, 3.05) is 19.0 Å². The number of nitrogens with one attached hydrogen (secondary N) is 1. The number of anilines is 1. The number of benzene rings is 3. The molecule has 0 heterocycles. The zero-order valence-corrected chi connectivity index (χ0v) is 21.4. The molecule has 3 aromatic carbocycles. The van der Waals surface area contributed by atoms with Crippen molar-refractivity contribution in [2.45, 2.75) is 40.7 Å². The number of hydrogen-bond donors (Lipinski definition) is 1. The number of para-hydroxylation sites is 1. The van der Waals surface area contributed by atoms with Crippen LogP contribution in [0.1, 0.15) is 38.8 Å². The predicted octanol–water partition coefficient (Wildman–Crippen LogP) is 6.16. The number of carbonyl (C=O) groups excluding carboxylic acids is 2. The lowest BCUT2D eigenvalue weighted by Crippen LogP contribution is -2.27. The quantitative estimate of drug-likeness (QED) is 0.342. The van der Waals surface area contributed by atoms with Gasteiger partial charge in [-0.25, -0.2) is 0 Å². The molecule has 7 nitrogen and oxygen atoms in total. The van der Waals surface area contributed by atoms with E-state index in [9.17, 15) is 9.59 Å². The van der Waals surface area contributed by atoms with Crippen LogP contribution in [-0.4, -0.2) is 25.6 Å². The maximum Gasteiger partial charge on any atom is 0.310 e. The van der Waals surface area contributed by atoms with Crippen molar-refractivity contribution >= 4 is 17.6 Å². The lowest BCUT2D eigenvalue weighted by atomic mass is 9.95. The molecule has 0 saturated carbocycles. The van der Waals surface area contributed by atoms with Crippen molar-refractivity contribution in [3.63, 3.8) is 0 Å². The first-order valence-electron chi connectivity index (χ1n) is 11.8. The van der Waals surface area contributed by atoms with Crippen LogP contribution in [0.15, 0.2) is 66.7 Å². The summed E-state index contributed by atoms with van der Waals surface area (Å²) in [6, 6.07) is 20.1. The molecule has 0 radical (unpaired) electrons. The summed E-state index contributed by atoms with van der Waals surface area (Å²) in [7, 11) is 1.55.